The van der Waals surface area contributed by atoms with Crippen molar-refractivity contribution in [3.8, 4) is 0 Å². The lowest BCUT2D eigenvalue weighted by molar-refractivity contribution is 0.488. The SMILES string of the molecule is CCCNC1CCCCc2cn(Cc3cccs3)cc21. The highest BCUT2D eigenvalue weighted by Crippen LogP contribution is 2.30. The second kappa shape index (κ2) is 6.59. The van der Waals surface area contributed by atoms with Crippen molar-refractivity contribution < 1.29 is 0 Å². The smallest absolute Gasteiger partial charge is 0.0563 e. The van der Waals surface area contributed by atoms with E-state index in [0.29, 0.717) is 6.04 Å². The first-order valence-corrected chi connectivity index (χ1v) is 8.69. The molecular weight excluding hydrogens is 264 g/mol. The molecular formula is C17H24N2S. The number of hydrogen-bond acceptors (Lipinski definition) is 2. The molecule has 0 aromatic carbocycles. The maximum atomic E-state index is 3.73. The summed E-state index contributed by atoms with van der Waals surface area (Å²) in [4.78, 5) is 1.44. The lowest BCUT2D eigenvalue weighted by Gasteiger charge is -2.16. The van der Waals surface area contributed by atoms with Crippen LogP contribution in [-0.2, 0) is 13.0 Å². The van der Waals surface area contributed by atoms with Gasteiger partial charge < -0.3 is 9.88 Å². The zero-order valence-electron chi connectivity index (χ0n) is 12.3. The third-order valence-corrected chi connectivity index (χ3v) is 4.98. The molecule has 2 aromatic heterocycles. The lowest BCUT2D eigenvalue weighted by atomic mass is 10.0. The molecule has 0 spiro atoms. The van der Waals surface area contributed by atoms with Crippen molar-refractivity contribution in [2.24, 2.45) is 0 Å². The Balaban J connectivity index is 1.79. The van der Waals surface area contributed by atoms with E-state index in [0.717, 1.165) is 13.1 Å². The summed E-state index contributed by atoms with van der Waals surface area (Å²) in [7, 11) is 0. The predicted molar refractivity (Wildman–Crippen MR) is 86.4 cm³/mol. The van der Waals surface area contributed by atoms with E-state index in [2.05, 4.69) is 46.7 Å². The zero-order chi connectivity index (χ0) is 13.8. The van der Waals surface area contributed by atoms with Crippen LogP contribution < -0.4 is 5.32 Å². The molecule has 0 radical (unpaired) electrons. The van der Waals surface area contributed by atoms with Crippen LogP contribution in [0, 0.1) is 0 Å². The maximum absolute atomic E-state index is 3.73. The molecule has 0 aliphatic heterocycles. The first-order chi connectivity index (χ1) is 9.86. The van der Waals surface area contributed by atoms with Gasteiger partial charge in [0.25, 0.3) is 0 Å². The van der Waals surface area contributed by atoms with Gasteiger partial charge in [-0.25, -0.2) is 0 Å². The van der Waals surface area contributed by atoms with E-state index in [-0.39, 0.29) is 0 Å². The van der Waals surface area contributed by atoms with Crippen molar-refractivity contribution in [1.29, 1.82) is 0 Å². The summed E-state index contributed by atoms with van der Waals surface area (Å²) < 4.78 is 2.38. The summed E-state index contributed by atoms with van der Waals surface area (Å²) in [5.74, 6) is 0. The molecule has 20 heavy (non-hydrogen) atoms. The minimum absolute atomic E-state index is 0.567. The van der Waals surface area contributed by atoms with Crippen LogP contribution in [0.3, 0.4) is 0 Å². The molecule has 2 nitrogen and oxygen atoms in total. The van der Waals surface area contributed by atoms with Crippen molar-refractivity contribution >= 4 is 11.3 Å². The minimum Gasteiger partial charge on any atom is -0.348 e. The Hall–Kier alpha value is -1.06. The molecule has 0 fully saturated rings. The van der Waals surface area contributed by atoms with Crippen LogP contribution in [0.5, 0.6) is 0 Å². The molecule has 1 N–H and O–H groups in total. The Kier molecular flexibility index (Phi) is 4.58. The second-order valence-electron chi connectivity index (χ2n) is 5.74. The van der Waals surface area contributed by atoms with Gasteiger partial charge in [-0.1, -0.05) is 19.4 Å². The van der Waals surface area contributed by atoms with E-state index in [9.17, 15) is 0 Å². The highest BCUT2D eigenvalue weighted by molar-refractivity contribution is 7.09. The van der Waals surface area contributed by atoms with Gasteiger partial charge in [0.05, 0.1) is 6.54 Å². The Morgan fingerprint density at radius 2 is 2.30 bits per heavy atom. The standard InChI is InChI=1S/C17H24N2S/c1-2-9-18-17-8-4-3-6-14-11-19(13-16(14)17)12-15-7-5-10-20-15/h5,7,10-11,13,17-18H,2-4,6,8-9,12H2,1H3. The zero-order valence-corrected chi connectivity index (χ0v) is 13.1. The van der Waals surface area contributed by atoms with Crippen LogP contribution in [0.2, 0.25) is 0 Å². The molecule has 1 aliphatic rings. The van der Waals surface area contributed by atoms with E-state index in [1.807, 2.05) is 11.3 Å². The normalized spacial score (nSPS) is 18.8. The van der Waals surface area contributed by atoms with Gasteiger partial charge in [-0.2, -0.15) is 0 Å². The number of nitrogens with one attached hydrogen (secondary N) is 1. The Morgan fingerprint density at radius 3 is 3.10 bits per heavy atom. The van der Waals surface area contributed by atoms with E-state index >= 15 is 0 Å². The van der Waals surface area contributed by atoms with Gasteiger partial charge in [-0.3, -0.25) is 0 Å². The van der Waals surface area contributed by atoms with Gasteiger partial charge in [0.2, 0.25) is 0 Å². The molecule has 1 unspecified atom stereocenters. The Labute approximate surface area is 125 Å². The molecule has 3 heteroatoms. The summed E-state index contributed by atoms with van der Waals surface area (Å²) in [5, 5.41) is 5.89. The average Bonchev–Trinajstić information content (AvgIpc) is 3.05. The van der Waals surface area contributed by atoms with Crippen molar-refractivity contribution in [3.05, 3.63) is 45.9 Å². The number of rotatable bonds is 5. The number of aromatic nitrogens is 1. The van der Waals surface area contributed by atoms with Crippen LogP contribution in [0.15, 0.2) is 29.9 Å². The van der Waals surface area contributed by atoms with Gasteiger partial charge in [0, 0.05) is 23.3 Å². The van der Waals surface area contributed by atoms with E-state index < -0.39 is 0 Å². The lowest BCUT2D eigenvalue weighted by Crippen LogP contribution is -2.21. The molecule has 0 saturated carbocycles. The maximum Gasteiger partial charge on any atom is 0.0563 e. The molecule has 0 amide bonds. The van der Waals surface area contributed by atoms with Crippen LogP contribution in [-0.4, -0.2) is 11.1 Å². The van der Waals surface area contributed by atoms with Gasteiger partial charge in [-0.15, -0.1) is 11.3 Å². The minimum atomic E-state index is 0.567. The predicted octanol–water partition coefficient (Wildman–Crippen LogP) is 4.37. The molecule has 1 aliphatic carbocycles. The molecule has 0 bridgehead atoms. The largest absolute Gasteiger partial charge is 0.348 e. The molecule has 108 valence electrons. The fourth-order valence-corrected chi connectivity index (χ4v) is 3.83. The molecule has 1 atom stereocenters. The topological polar surface area (TPSA) is 17.0 Å². The molecule has 2 aromatic rings. The summed E-state index contributed by atoms with van der Waals surface area (Å²) in [5.41, 5.74) is 3.11. The quantitative estimate of drug-likeness (QED) is 0.809. The van der Waals surface area contributed by atoms with Gasteiger partial charge in [-0.05, 0) is 54.8 Å². The third kappa shape index (κ3) is 3.15. The second-order valence-corrected chi connectivity index (χ2v) is 6.78. The molecule has 0 saturated heterocycles. The highest BCUT2D eigenvalue weighted by atomic mass is 32.1. The molecule has 2 heterocycles. The number of hydrogen-bond donors (Lipinski definition) is 1. The highest BCUT2D eigenvalue weighted by Gasteiger charge is 2.20. The van der Waals surface area contributed by atoms with E-state index in [1.165, 1.54) is 37.0 Å². The number of fused-ring (bicyclic) bond motifs is 1. The fourth-order valence-electron chi connectivity index (χ4n) is 3.12. The van der Waals surface area contributed by atoms with Crippen LogP contribution in [0.1, 0.15) is 54.7 Å². The average molecular weight is 288 g/mol. The monoisotopic (exact) mass is 288 g/mol. The fraction of sp³-hybridized carbons (Fsp3) is 0.529. The number of aryl methyl sites for hydroxylation is 1. The summed E-state index contributed by atoms with van der Waals surface area (Å²) in [6.45, 7) is 4.39. The van der Waals surface area contributed by atoms with Crippen molar-refractivity contribution in [3.63, 3.8) is 0 Å². The van der Waals surface area contributed by atoms with Crippen molar-refractivity contribution in [1.82, 2.24) is 9.88 Å². The Morgan fingerprint density at radius 1 is 1.35 bits per heavy atom. The van der Waals surface area contributed by atoms with Crippen LogP contribution in [0.25, 0.3) is 0 Å². The summed E-state index contributed by atoms with van der Waals surface area (Å²) in [6.07, 6.45) is 11.2. The summed E-state index contributed by atoms with van der Waals surface area (Å²) in [6, 6.07) is 4.93. The van der Waals surface area contributed by atoms with Crippen molar-refractivity contribution in [2.45, 2.75) is 51.6 Å². The Bertz CT molecular complexity index is 527. The number of nitrogens with zero attached hydrogens (tertiary/aromatic N) is 1. The van der Waals surface area contributed by atoms with E-state index in [1.54, 1.807) is 11.1 Å². The number of thiophene rings is 1. The van der Waals surface area contributed by atoms with Gasteiger partial charge >= 0.3 is 0 Å². The summed E-state index contributed by atoms with van der Waals surface area (Å²) >= 11 is 1.85. The first kappa shape index (κ1) is 13.9. The van der Waals surface area contributed by atoms with E-state index in [4.69, 9.17) is 0 Å². The first-order valence-electron chi connectivity index (χ1n) is 7.81. The third-order valence-electron chi connectivity index (χ3n) is 4.12. The van der Waals surface area contributed by atoms with Gasteiger partial charge in [0.1, 0.15) is 0 Å². The van der Waals surface area contributed by atoms with Crippen LogP contribution in [0.4, 0.5) is 0 Å². The van der Waals surface area contributed by atoms with Gasteiger partial charge in [0.15, 0.2) is 0 Å². The van der Waals surface area contributed by atoms with Crippen molar-refractivity contribution in [2.75, 3.05) is 6.54 Å². The molecule has 3 rings (SSSR count). The van der Waals surface area contributed by atoms with Crippen LogP contribution >= 0.6 is 11.3 Å².